The first-order valence-electron chi connectivity index (χ1n) is 43.6. The second-order valence-corrected chi connectivity index (χ2v) is 33.8. The Morgan fingerprint density at radius 2 is 0.936 bits per heavy atom. The molecule has 8 aromatic carbocycles. The molecule has 0 aliphatic carbocycles. The van der Waals surface area contributed by atoms with Crippen LogP contribution in [0.1, 0.15) is 133 Å². The number of alkyl halides is 6. The first kappa shape index (κ1) is 87.3. The molecule has 21 aromatic rings. The third-order valence-corrected chi connectivity index (χ3v) is 24.1. The van der Waals surface area contributed by atoms with Crippen LogP contribution in [0.2, 0.25) is 5.02 Å². The van der Waals surface area contributed by atoms with E-state index in [1.165, 1.54) is 58.0 Å². The second kappa shape index (κ2) is 35.3. The molecule has 0 unspecified atom stereocenters. The third-order valence-electron chi connectivity index (χ3n) is 23.9. The van der Waals surface area contributed by atoms with Crippen LogP contribution in [0.5, 0.6) is 0 Å². The summed E-state index contributed by atoms with van der Waals surface area (Å²) in [4.78, 5) is 35.2. The normalized spacial score (nSPS) is 12.3. The number of nitrogens with zero attached hydrogens (tertiary/aromatic N) is 30. The van der Waals surface area contributed by atoms with Crippen molar-refractivity contribution in [2.75, 3.05) is 0 Å². The number of hydrogen-bond donors (Lipinski definition) is 0. The summed E-state index contributed by atoms with van der Waals surface area (Å²) in [5.41, 5.74) is 24.9. The van der Waals surface area contributed by atoms with Crippen molar-refractivity contribution in [1.29, 1.82) is 0 Å². The summed E-state index contributed by atoms with van der Waals surface area (Å²) in [6.45, 7) is 11.8. The zero-order valence-electron chi connectivity index (χ0n) is 74.5. The predicted octanol–water partition coefficient (Wildman–Crippen LogP) is 17.3. The third kappa shape index (κ3) is 16.6. The smallest absolute Gasteiger partial charge is 0.416 e. The van der Waals surface area contributed by atoms with Crippen LogP contribution in [-0.4, -0.2) is 148 Å². The molecule has 0 saturated carbocycles. The molecular formula is C99H70ClF7N30O3. The van der Waals surface area contributed by atoms with Crippen LogP contribution in [0.25, 0.3) is 103 Å². The number of aromatic nitrogens is 30. The number of benzene rings is 8. The van der Waals surface area contributed by atoms with Gasteiger partial charge in [-0.3, -0.25) is 18.3 Å². The highest BCUT2D eigenvalue weighted by molar-refractivity contribution is 6.30. The van der Waals surface area contributed by atoms with E-state index in [-0.39, 0.29) is 11.5 Å². The van der Waals surface area contributed by atoms with Crippen molar-refractivity contribution in [2.24, 2.45) is 5.92 Å². The quantitative estimate of drug-likeness (QED) is 0.110. The predicted molar refractivity (Wildman–Crippen MR) is 491 cm³/mol. The summed E-state index contributed by atoms with van der Waals surface area (Å²) in [6.07, 6.45) is 12.3. The molecule has 0 radical (unpaired) electrons. The van der Waals surface area contributed by atoms with Gasteiger partial charge in [-0.2, -0.15) is 36.3 Å². The lowest BCUT2D eigenvalue weighted by Gasteiger charge is -2.13. The Hall–Kier alpha value is -18.1. The topological polar surface area (TPSA) is 347 Å². The van der Waals surface area contributed by atoms with Crippen molar-refractivity contribution in [1.82, 2.24) is 148 Å². The average molecular weight is 1900 g/mol. The van der Waals surface area contributed by atoms with E-state index in [0.717, 1.165) is 149 Å². The van der Waals surface area contributed by atoms with Crippen molar-refractivity contribution in [2.45, 2.75) is 92.4 Å². The van der Waals surface area contributed by atoms with Crippen LogP contribution in [0.4, 0.5) is 30.7 Å². The first-order valence-corrected chi connectivity index (χ1v) is 44.0. The maximum absolute atomic E-state index is 13.4. The Balaban J connectivity index is 0.000000101. The maximum Gasteiger partial charge on any atom is 0.416 e. The number of rotatable bonds is 6. The van der Waals surface area contributed by atoms with Gasteiger partial charge in [0.05, 0.1) is 174 Å². The minimum absolute atomic E-state index is 0.275. The summed E-state index contributed by atoms with van der Waals surface area (Å²) in [5, 5.41) is 50.0. The van der Waals surface area contributed by atoms with Crippen molar-refractivity contribution >= 4 is 11.6 Å². The molecule has 33 nitrogen and oxygen atoms in total. The van der Waals surface area contributed by atoms with Crippen molar-refractivity contribution < 1.29 is 44.2 Å². The van der Waals surface area contributed by atoms with E-state index in [2.05, 4.69) is 197 Å². The van der Waals surface area contributed by atoms with E-state index in [1.807, 2.05) is 101 Å². The molecule has 140 heavy (non-hydrogen) atoms. The Morgan fingerprint density at radius 1 is 0.421 bits per heavy atom. The number of oxazole rings is 1. The van der Waals surface area contributed by atoms with Crippen LogP contribution < -0.4 is 0 Å². The molecule has 0 atom stereocenters. The van der Waals surface area contributed by atoms with Gasteiger partial charge in [0.1, 0.15) is 54.5 Å². The van der Waals surface area contributed by atoms with E-state index >= 15 is 0 Å². The summed E-state index contributed by atoms with van der Waals surface area (Å²) in [6, 6.07) is 49.7. The lowest BCUT2D eigenvalue weighted by molar-refractivity contribution is -0.138. The van der Waals surface area contributed by atoms with Crippen LogP contribution in [0.15, 0.2) is 252 Å². The van der Waals surface area contributed by atoms with Gasteiger partial charge in [-0.05, 0) is 153 Å². The lowest BCUT2D eigenvalue weighted by Crippen LogP contribution is -2.09. The van der Waals surface area contributed by atoms with Crippen molar-refractivity contribution in [3.05, 3.63) is 369 Å². The van der Waals surface area contributed by atoms with Gasteiger partial charge in [0.2, 0.25) is 17.6 Å². The van der Waals surface area contributed by atoms with Crippen LogP contribution >= 0.6 is 11.6 Å². The minimum Gasteiger partial charge on any atom is -0.443 e. The van der Waals surface area contributed by atoms with Gasteiger partial charge < -0.3 is 18.0 Å². The van der Waals surface area contributed by atoms with E-state index in [9.17, 15) is 30.7 Å². The SMILES string of the molecule is Cc1ccc(C#Cc2ncn3c2Cc2cnnn2-c2cc(C(F)(F)F)ccc2-3)cc1.Cc1nc(-c2ncn3c2Cc2c(Cc4ccc(F)cc4)nnn2-c2cc(Cl)ccc2-3)no1.Cc1ncn2c1Cc1cnnn1-c1cc(C#CC(C)C)ccc1-2.Cc1noc(-c2ncn3c2Cc2cnnn2-c2cc(-c4ccccc4)ccc2-3)n1.FC(F)(F)c1ccc2c(c1)-n1nncc1Cc1c(-c3ncco3)ncn1-2. The molecule has 0 fully saturated rings. The van der Waals surface area contributed by atoms with Crippen LogP contribution in [0.3, 0.4) is 0 Å². The Bertz CT molecular complexity index is 8460. The fraction of sp³-hybridized carbons (Fsp3) is 0.152. The average Bonchev–Trinajstić information content (AvgIpc) is 1.58. The van der Waals surface area contributed by atoms with Crippen molar-refractivity contribution in [3.8, 4) is 126 Å². The van der Waals surface area contributed by atoms with Gasteiger partial charge in [0, 0.05) is 67.5 Å². The summed E-state index contributed by atoms with van der Waals surface area (Å²) < 4.78 is 127. The van der Waals surface area contributed by atoms with Gasteiger partial charge in [0.25, 0.3) is 5.89 Å². The minimum atomic E-state index is -4.46. The fourth-order valence-electron chi connectivity index (χ4n) is 17.2. The summed E-state index contributed by atoms with van der Waals surface area (Å²) in [7, 11) is 0. The number of hydrogen-bond acceptors (Lipinski definition) is 23. The van der Waals surface area contributed by atoms with E-state index < -0.39 is 23.5 Å². The Morgan fingerprint density at radius 3 is 1.51 bits per heavy atom. The van der Waals surface area contributed by atoms with Gasteiger partial charge in [0.15, 0.2) is 11.5 Å². The first-order chi connectivity index (χ1) is 67.9. The standard InChI is InChI=1S/C22H15ClFN7O.C22H14F3N5.C21H15N7O.C18H17N5.C16H9F3N6O/c1-12-26-22(28-32-12)21-20-10-18-16(8-13-2-5-15(24)6-3-13)27-29-31(18)19-9-14(23)4-7-17(19)30(20)11-25-21;1-14-2-4-15(5-3-14)6-8-18-20-11-17-12-27-28-30(17)21-10-16(22(23,24)25)7-9-19(21)29(20)13-26-18;1-13-24-21(29-25-13)20-19-10-16-11-23-26-28(16)18-9-15(14-5-3-2-4-6-14)7-8-17(18)27(19)12-22-20;1-12(2)4-5-14-6-7-16-18(8-14)23-15(10-20-21-23)9-17-13(3)19-11-22(16)17;17-16(18,19)9-1-2-11-12(5-9)25-10(7-22-23-25)6-13-14(21-8-24(11)13)15-20-3-4-26-15/h2-7,9,11H,8,10H2,1H3;2-5,7,9-10,12-13H,11H2,1H3;2-9,11-12H,10H2,1H3;6-8,10-12H,9H2,1-3H3;1-5,7-8H,6H2. The largest absolute Gasteiger partial charge is 0.443 e. The monoisotopic (exact) mass is 1890 g/mol. The van der Waals surface area contributed by atoms with Gasteiger partial charge >= 0.3 is 12.4 Å². The summed E-state index contributed by atoms with van der Waals surface area (Å²) >= 11 is 6.32. The second-order valence-electron chi connectivity index (χ2n) is 33.4. The molecule has 5 aliphatic heterocycles. The number of fused-ring (bicyclic) bond motifs is 25. The van der Waals surface area contributed by atoms with Gasteiger partial charge in [-0.1, -0.05) is 146 Å². The number of aryl methyl sites for hydroxylation is 4. The molecule has 0 spiro atoms. The van der Waals surface area contributed by atoms with Crippen LogP contribution in [0, 0.1) is 63.1 Å². The van der Waals surface area contributed by atoms with E-state index in [4.69, 9.17) is 25.1 Å². The van der Waals surface area contributed by atoms with Gasteiger partial charge in [-0.25, -0.2) is 57.7 Å². The molecule has 18 heterocycles. The molecule has 0 bridgehead atoms. The zero-order chi connectivity index (χ0) is 95.9. The fourth-order valence-corrected chi connectivity index (χ4v) is 17.3. The zero-order valence-corrected chi connectivity index (χ0v) is 75.3. The number of imidazole rings is 5. The lowest BCUT2D eigenvalue weighted by atomic mass is 10.0. The van der Waals surface area contributed by atoms with Crippen molar-refractivity contribution in [3.63, 3.8) is 0 Å². The molecule has 26 rings (SSSR count). The molecule has 13 aromatic heterocycles. The molecule has 41 heteroatoms. The molecule has 0 saturated heterocycles. The molecular weight excluding hydrogens is 1830 g/mol. The molecule has 690 valence electrons. The van der Waals surface area contributed by atoms with E-state index in [0.29, 0.717) is 124 Å². The van der Waals surface area contributed by atoms with Crippen LogP contribution in [-0.2, 0) is 50.9 Å². The maximum atomic E-state index is 13.4. The highest BCUT2D eigenvalue weighted by atomic mass is 35.5. The van der Waals surface area contributed by atoms with E-state index in [1.54, 1.807) is 77.5 Å². The molecule has 0 amide bonds. The van der Waals surface area contributed by atoms with Gasteiger partial charge in [-0.15, -0.1) is 25.5 Å². The number of halogens is 8. The summed E-state index contributed by atoms with van der Waals surface area (Å²) in [5.74, 6) is 14.9. The Kier molecular flexibility index (Phi) is 22.0. The Labute approximate surface area is 793 Å². The highest BCUT2D eigenvalue weighted by Crippen LogP contribution is 2.42. The molecule has 0 N–H and O–H groups in total. The molecule has 5 aliphatic rings. The highest BCUT2D eigenvalue weighted by Gasteiger charge is 2.37.